The van der Waals surface area contributed by atoms with Crippen LogP contribution in [0.2, 0.25) is 0 Å². The molecule has 0 spiro atoms. The number of unbranched alkanes of at least 4 members (excludes halogenated alkanes) is 35. The highest BCUT2D eigenvalue weighted by Crippen LogP contribution is 2.16. The summed E-state index contributed by atoms with van der Waals surface area (Å²) in [6, 6.07) is 0. The van der Waals surface area contributed by atoms with Crippen LogP contribution in [0, 0.1) is 0 Å². The molecular weight excluding hydrogens is 675 g/mol. The molecule has 0 aromatic rings. The molecule has 2 N–H and O–H groups in total. The van der Waals surface area contributed by atoms with Gasteiger partial charge >= 0.3 is 0 Å². The van der Waals surface area contributed by atoms with Crippen molar-refractivity contribution in [3.8, 4) is 0 Å². The SMILES string of the molecule is CCCCCCCCC=CCCCCCCCCCCCC(=O)CCCCCCCCCCC(=O)NC[C@@H](O)CCCCCCCCCCCCCCCC. The predicted molar refractivity (Wildman–Crippen MR) is 243 cm³/mol. The lowest BCUT2D eigenvalue weighted by atomic mass is 10.0. The van der Waals surface area contributed by atoms with Crippen molar-refractivity contribution in [3.05, 3.63) is 12.2 Å². The van der Waals surface area contributed by atoms with E-state index >= 15 is 0 Å². The van der Waals surface area contributed by atoms with Crippen LogP contribution in [-0.2, 0) is 9.59 Å². The Bertz CT molecular complexity index is 795. The first-order valence-corrected chi connectivity index (χ1v) is 25.2. The van der Waals surface area contributed by atoms with Crippen LogP contribution in [0.15, 0.2) is 12.2 Å². The number of aliphatic hydroxyl groups is 1. The van der Waals surface area contributed by atoms with Crippen molar-refractivity contribution in [1.82, 2.24) is 5.32 Å². The van der Waals surface area contributed by atoms with Gasteiger partial charge in [0.25, 0.3) is 0 Å². The standard InChI is InChI=1S/C51H99NO3/c1-3-5-7-9-11-13-15-17-19-20-21-22-23-25-26-28-32-36-40-44-49(53)45-41-37-33-30-31-35-39-43-47-51(55)52-48-50(54)46-42-38-34-29-27-24-18-16-14-12-10-8-6-4-2/h17,19,50,54H,3-16,18,20-48H2,1-2H3,(H,52,55)/t50-/m0/s1. The molecule has 0 rings (SSSR count). The third-order valence-corrected chi connectivity index (χ3v) is 11.8. The van der Waals surface area contributed by atoms with Crippen molar-refractivity contribution in [2.75, 3.05) is 6.54 Å². The Morgan fingerprint density at radius 1 is 0.400 bits per heavy atom. The number of nitrogens with one attached hydrogen (secondary N) is 1. The molecule has 4 nitrogen and oxygen atoms in total. The summed E-state index contributed by atoms with van der Waals surface area (Å²) in [6.07, 6.45) is 58.0. The second kappa shape index (κ2) is 47.2. The maximum atomic E-state index is 12.3. The number of ketones is 1. The molecule has 0 bridgehead atoms. The highest BCUT2D eigenvalue weighted by molar-refractivity contribution is 5.78. The Balaban J connectivity index is 3.32. The maximum Gasteiger partial charge on any atom is 0.220 e. The molecule has 0 heterocycles. The maximum absolute atomic E-state index is 12.3. The molecule has 326 valence electrons. The van der Waals surface area contributed by atoms with Gasteiger partial charge in [0, 0.05) is 25.8 Å². The van der Waals surface area contributed by atoms with Crippen LogP contribution in [0.3, 0.4) is 0 Å². The monoisotopic (exact) mass is 774 g/mol. The lowest BCUT2D eigenvalue weighted by Gasteiger charge is -2.12. The largest absolute Gasteiger partial charge is 0.391 e. The van der Waals surface area contributed by atoms with Crippen LogP contribution in [0.1, 0.15) is 290 Å². The third kappa shape index (κ3) is 47.1. The van der Waals surface area contributed by atoms with E-state index < -0.39 is 6.10 Å². The average Bonchev–Trinajstić information content (AvgIpc) is 3.18. The van der Waals surface area contributed by atoms with E-state index in [1.807, 2.05) is 0 Å². The summed E-state index contributed by atoms with van der Waals surface area (Å²) in [6.45, 7) is 4.97. The lowest BCUT2D eigenvalue weighted by molar-refractivity contribution is -0.121. The van der Waals surface area contributed by atoms with Gasteiger partial charge in [0.05, 0.1) is 6.10 Å². The zero-order valence-corrected chi connectivity index (χ0v) is 37.6. The summed E-state index contributed by atoms with van der Waals surface area (Å²) >= 11 is 0. The quantitative estimate of drug-likeness (QED) is 0.0478. The summed E-state index contributed by atoms with van der Waals surface area (Å²) in [7, 11) is 0. The number of Topliss-reactive ketones (excluding diaryl/α,β-unsaturated/α-hetero) is 1. The summed E-state index contributed by atoms with van der Waals surface area (Å²) in [4.78, 5) is 24.4. The van der Waals surface area contributed by atoms with Gasteiger partial charge in [0.1, 0.15) is 5.78 Å². The van der Waals surface area contributed by atoms with Crippen LogP contribution < -0.4 is 5.32 Å². The predicted octanol–water partition coefficient (Wildman–Crippen LogP) is 16.4. The van der Waals surface area contributed by atoms with Crippen LogP contribution in [0.4, 0.5) is 0 Å². The number of aliphatic hydroxyl groups excluding tert-OH is 1. The van der Waals surface area contributed by atoms with E-state index in [1.54, 1.807) is 0 Å². The molecule has 0 saturated heterocycles. The summed E-state index contributed by atoms with van der Waals surface area (Å²) in [5, 5.41) is 13.2. The zero-order valence-electron chi connectivity index (χ0n) is 37.6. The fraction of sp³-hybridized carbons (Fsp3) is 0.922. The first-order chi connectivity index (χ1) is 27.1. The minimum atomic E-state index is -0.409. The topological polar surface area (TPSA) is 66.4 Å². The third-order valence-electron chi connectivity index (χ3n) is 11.8. The van der Waals surface area contributed by atoms with Crippen LogP contribution in [-0.4, -0.2) is 29.4 Å². The normalized spacial score (nSPS) is 12.2. The number of carbonyl (C=O) groups is 2. The Morgan fingerprint density at radius 2 is 0.691 bits per heavy atom. The fourth-order valence-electron chi connectivity index (χ4n) is 7.89. The number of rotatable bonds is 47. The van der Waals surface area contributed by atoms with E-state index in [0.29, 0.717) is 18.7 Å². The molecule has 0 unspecified atom stereocenters. The minimum Gasteiger partial charge on any atom is -0.391 e. The van der Waals surface area contributed by atoms with Gasteiger partial charge in [-0.05, 0) is 51.4 Å². The molecule has 0 aliphatic rings. The van der Waals surface area contributed by atoms with E-state index in [2.05, 4.69) is 31.3 Å². The average molecular weight is 774 g/mol. The van der Waals surface area contributed by atoms with Crippen molar-refractivity contribution in [2.24, 2.45) is 0 Å². The van der Waals surface area contributed by atoms with Gasteiger partial charge in [-0.1, -0.05) is 231 Å². The highest BCUT2D eigenvalue weighted by Gasteiger charge is 2.07. The van der Waals surface area contributed by atoms with E-state index in [-0.39, 0.29) is 5.91 Å². The van der Waals surface area contributed by atoms with Gasteiger partial charge in [-0.3, -0.25) is 9.59 Å². The van der Waals surface area contributed by atoms with Crippen molar-refractivity contribution < 1.29 is 14.7 Å². The van der Waals surface area contributed by atoms with E-state index in [0.717, 1.165) is 51.4 Å². The molecular formula is C51H99NO3. The van der Waals surface area contributed by atoms with Gasteiger partial charge in [0.15, 0.2) is 0 Å². The van der Waals surface area contributed by atoms with Gasteiger partial charge < -0.3 is 10.4 Å². The first kappa shape index (κ1) is 53.8. The lowest BCUT2D eigenvalue weighted by Crippen LogP contribution is -2.31. The molecule has 1 atom stereocenters. The number of hydrogen-bond donors (Lipinski definition) is 2. The van der Waals surface area contributed by atoms with E-state index in [1.165, 1.54) is 218 Å². The minimum absolute atomic E-state index is 0.0862. The number of amides is 1. The molecule has 4 heteroatoms. The second-order valence-electron chi connectivity index (χ2n) is 17.5. The van der Waals surface area contributed by atoms with Crippen molar-refractivity contribution in [1.29, 1.82) is 0 Å². The number of hydrogen-bond acceptors (Lipinski definition) is 3. The molecule has 0 aromatic carbocycles. The number of carbonyl (C=O) groups excluding carboxylic acids is 2. The first-order valence-electron chi connectivity index (χ1n) is 25.2. The Kier molecular flexibility index (Phi) is 46.2. The molecule has 0 radical (unpaired) electrons. The smallest absolute Gasteiger partial charge is 0.220 e. The Morgan fingerprint density at radius 3 is 1.05 bits per heavy atom. The molecule has 0 saturated carbocycles. The Labute approximate surface area is 345 Å². The van der Waals surface area contributed by atoms with Gasteiger partial charge in [0.2, 0.25) is 5.91 Å². The fourth-order valence-corrected chi connectivity index (χ4v) is 7.89. The molecule has 0 aliphatic carbocycles. The van der Waals surface area contributed by atoms with Gasteiger partial charge in [-0.25, -0.2) is 0 Å². The van der Waals surface area contributed by atoms with Crippen molar-refractivity contribution in [3.63, 3.8) is 0 Å². The van der Waals surface area contributed by atoms with E-state index in [4.69, 9.17) is 0 Å². The second-order valence-corrected chi connectivity index (χ2v) is 17.5. The molecule has 0 fully saturated rings. The summed E-state index contributed by atoms with van der Waals surface area (Å²) in [5.41, 5.74) is 0. The zero-order chi connectivity index (χ0) is 40.0. The highest BCUT2D eigenvalue weighted by atomic mass is 16.3. The molecule has 0 aliphatic heterocycles. The van der Waals surface area contributed by atoms with Crippen molar-refractivity contribution >= 4 is 11.7 Å². The molecule has 1 amide bonds. The Hall–Kier alpha value is -1.16. The summed E-state index contributed by atoms with van der Waals surface area (Å²) in [5.74, 6) is 0.560. The van der Waals surface area contributed by atoms with Crippen LogP contribution in [0.5, 0.6) is 0 Å². The van der Waals surface area contributed by atoms with Crippen LogP contribution in [0.25, 0.3) is 0 Å². The number of allylic oxidation sites excluding steroid dienone is 2. The van der Waals surface area contributed by atoms with Gasteiger partial charge in [-0.15, -0.1) is 0 Å². The van der Waals surface area contributed by atoms with Crippen molar-refractivity contribution in [2.45, 2.75) is 296 Å². The van der Waals surface area contributed by atoms with Crippen LogP contribution >= 0.6 is 0 Å². The molecule has 55 heavy (non-hydrogen) atoms. The summed E-state index contributed by atoms with van der Waals surface area (Å²) < 4.78 is 0. The van der Waals surface area contributed by atoms with E-state index in [9.17, 15) is 14.7 Å². The molecule has 0 aromatic heterocycles. The van der Waals surface area contributed by atoms with Gasteiger partial charge in [-0.2, -0.15) is 0 Å².